The van der Waals surface area contributed by atoms with Crippen molar-refractivity contribution in [1.82, 2.24) is 15.5 Å². The minimum absolute atomic E-state index is 0.115. The highest BCUT2D eigenvalue weighted by molar-refractivity contribution is 5.98. The van der Waals surface area contributed by atoms with Crippen molar-refractivity contribution in [3.05, 3.63) is 29.3 Å². The van der Waals surface area contributed by atoms with E-state index in [4.69, 9.17) is 0 Å². The molecule has 0 bridgehead atoms. The van der Waals surface area contributed by atoms with Crippen LogP contribution in [0.4, 0.5) is 19.3 Å². The summed E-state index contributed by atoms with van der Waals surface area (Å²) in [6.45, 7) is 3.83. The lowest BCUT2D eigenvalue weighted by Crippen LogP contribution is -2.38. The monoisotopic (exact) mass is 352 g/mol. The van der Waals surface area contributed by atoms with Crippen LogP contribution in [0.1, 0.15) is 22.3 Å². The van der Waals surface area contributed by atoms with Gasteiger partial charge in [0.25, 0.3) is 12.3 Å². The Morgan fingerprint density at radius 3 is 2.84 bits per heavy atom. The van der Waals surface area contributed by atoms with E-state index in [-0.39, 0.29) is 24.5 Å². The Balaban J connectivity index is 1.61. The molecular weight excluding hydrogens is 330 g/mol. The summed E-state index contributed by atoms with van der Waals surface area (Å²) in [6.07, 6.45) is -1.68. The van der Waals surface area contributed by atoms with Gasteiger partial charge in [-0.2, -0.15) is 0 Å². The summed E-state index contributed by atoms with van der Waals surface area (Å²) < 4.78 is 24.8. The van der Waals surface area contributed by atoms with Gasteiger partial charge in [-0.1, -0.05) is 0 Å². The van der Waals surface area contributed by atoms with Gasteiger partial charge in [-0.15, -0.1) is 0 Å². The van der Waals surface area contributed by atoms with Crippen molar-refractivity contribution >= 4 is 17.6 Å². The van der Waals surface area contributed by atoms with E-state index in [1.54, 1.807) is 28.0 Å². The molecule has 3 amide bonds. The zero-order chi connectivity index (χ0) is 18.0. The van der Waals surface area contributed by atoms with E-state index in [9.17, 15) is 18.4 Å². The van der Waals surface area contributed by atoms with Crippen LogP contribution in [0.25, 0.3) is 0 Å². The van der Waals surface area contributed by atoms with Crippen LogP contribution in [0, 0.1) is 6.92 Å². The predicted molar refractivity (Wildman–Crippen MR) is 90.2 cm³/mol. The molecule has 3 rings (SSSR count). The summed E-state index contributed by atoms with van der Waals surface area (Å²) >= 11 is 0. The lowest BCUT2D eigenvalue weighted by atomic mass is 10.1. The normalized spacial score (nSPS) is 21.0. The van der Waals surface area contributed by atoms with Crippen LogP contribution in [0.15, 0.2) is 18.2 Å². The summed E-state index contributed by atoms with van der Waals surface area (Å²) in [7, 11) is 0. The molecule has 0 aliphatic carbocycles. The van der Waals surface area contributed by atoms with Crippen molar-refractivity contribution in [2.45, 2.75) is 25.8 Å². The molecule has 1 aromatic carbocycles. The van der Waals surface area contributed by atoms with E-state index >= 15 is 0 Å². The van der Waals surface area contributed by atoms with Gasteiger partial charge in [0, 0.05) is 43.5 Å². The van der Waals surface area contributed by atoms with Gasteiger partial charge in [0.1, 0.15) is 0 Å². The second-order valence-corrected chi connectivity index (χ2v) is 6.49. The number of alkyl halides is 2. The molecule has 2 aliphatic rings. The molecule has 25 heavy (non-hydrogen) atoms. The van der Waals surface area contributed by atoms with Crippen LogP contribution in [0.3, 0.4) is 0 Å². The van der Waals surface area contributed by atoms with E-state index < -0.39 is 6.43 Å². The SMILES string of the molecule is Cc1cc(C(=O)NC2CCN(CC(F)F)C2)ccc1N1CCNC1=O. The molecule has 2 fully saturated rings. The van der Waals surface area contributed by atoms with Crippen LogP contribution in [0.2, 0.25) is 0 Å². The van der Waals surface area contributed by atoms with Crippen LogP contribution in [-0.2, 0) is 0 Å². The standard InChI is InChI=1S/C17H22F2N4O2/c1-11-8-12(2-3-14(11)23-7-5-20-17(23)25)16(24)21-13-4-6-22(9-13)10-15(18)19/h2-3,8,13,15H,4-7,9-10H2,1H3,(H,20,25)(H,21,24). The van der Waals surface area contributed by atoms with Gasteiger partial charge in [-0.3, -0.25) is 14.6 Å². The summed E-state index contributed by atoms with van der Waals surface area (Å²) in [5.41, 5.74) is 2.14. The zero-order valence-corrected chi connectivity index (χ0v) is 14.1. The number of hydrogen-bond donors (Lipinski definition) is 2. The molecule has 6 nitrogen and oxygen atoms in total. The van der Waals surface area contributed by atoms with Crippen molar-refractivity contribution in [2.75, 3.05) is 37.6 Å². The van der Waals surface area contributed by atoms with Crippen LogP contribution in [0.5, 0.6) is 0 Å². The van der Waals surface area contributed by atoms with E-state index in [1.807, 2.05) is 6.92 Å². The number of halogens is 2. The molecule has 0 saturated carbocycles. The quantitative estimate of drug-likeness (QED) is 0.846. The summed E-state index contributed by atoms with van der Waals surface area (Å²) in [6, 6.07) is 4.96. The van der Waals surface area contributed by atoms with Crippen LogP contribution >= 0.6 is 0 Å². The number of amides is 3. The van der Waals surface area contributed by atoms with Crippen LogP contribution in [-0.4, -0.2) is 62.0 Å². The first-order valence-electron chi connectivity index (χ1n) is 8.41. The Hall–Kier alpha value is -2.22. The lowest BCUT2D eigenvalue weighted by molar-refractivity contribution is 0.0918. The van der Waals surface area contributed by atoms with Gasteiger partial charge in [-0.25, -0.2) is 13.6 Å². The predicted octanol–water partition coefficient (Wildman–Crippen LogP) is 1.59. The highest BCUT2D eigenvalue weighted by atomic mass is 19.3. The summed E-state index contributed by atoms with van der Waals surface area (Å²) in [4.78, 5) is 27.5. The third-order valence-corrected chi connectivity index (χ3v) is 4.61. The largest absolute Gasteiger partial charge is 0.348 e. The van der Waals surface area contributed by atoms with E-state index in [0.717, 1.165) is 11.3 Å². The lowest BCUT2D eigenvalue weighted by Gasteiger charge is -2.19. The second-order valence-electron chi connectivity index (χ2n) is 6.49. The average Bonchev–Trinajstić information content (AvgIpc) is 3.16. The molecule has 2 N–H and O–H groups in total. The van der Waals surface area contributed by atoms with Crippen molar-refractivity contribution in [3.63, 3.8) is 0 Å². The van der Waals surface area contributed by atoms with Gasteiger partial charge in [-0.05, 0) is 37.1 Å². The molecular formula is C17H22F2N4O2. The Morgan fingerprint density at radius 1 is 1.40 bits per heavy atom. The molecule has 8 heteroatoms. The Morgan fingerprint density at radius 2 is 2.20 bits per heavy atom. The summed E-state index contributed by atoms with van der Waals surface area (Å²) in [5.74, 6) is -0.218. The third kappa shape index (κ3) is 4.07. The Bertz CT molecular complexity index is 668. The fourth-order valence-corrected chi connectivity index (χ4v) is 3.38. The minimum Gasteiger partial charge on any atom is -0.348 e. The molecule has 0 radical (unpaired) electrons. The number of benzene rings is 1. The second kappa shape index (κ2) is 7.35. The number of rotatable bonds is 5. The first-order chi connectivity index (χ1) is 11.9. The topological polar surface area (TPSA) is 64.7 Å². The van der Waals surface area contributed by atoms with E-state index in [2.05, 4.69) is 10.6 Å². The number of nitrogens with one attached hydrogen (secondary N) is 2. The molecule has 0 aromatic heterocycles. The van der Waals surface area contributed by atoms with Crippen molar-refractivity contribution < 1.29 is 18.4 Å². The van der Waals surface area contributed by atoms with Gasteiger partial charge in [0.15, 0.2) is 0 Å². The van der Waals surface area contributed by atoms with Crippen LogP contribution < -0.4 is 15.5 Å². The maximum absolute atomic E-state index is 12.4. The van der Waals surface area contributed by atoms with Gasteiger partial charge in [0.05, 0.1) is 6.54 Å². The molecule has 2 heterocycles. The molecule has 1 aromatic rings. The number of likely N-dealkylation sites (tertiary alicyclic amines) is 1. The van der Waals surface area contributed by atoms with Gasteiger partial charge >= 0.3 is 6.03 Å². The Labute approximate surface area is 145 Å². The highest BCUT2D eigenvalue weighted by Gasteiger charge is 2.27. The summed E-state index contributed by atoms with van der Waals surface area (Å²) in [5, 5.41) is 5.65. The van der Waals surface area contributed by atoms with Gasteiger partial charge in [0.2, 0.25) is 0 Å². The maximum Gasteiger partial charge on any atom is 0.322 e. The third-order valence-electron chi connectivity index (χ3n) is 4.61. The molecule has 0 spiro atoms. The van der Waals surface area contributed by atoms with E-state index in [1.165, 1.54) is 0 Å². The number of nitrogens with zero attached hydrogens (tertiary/aromatic N) is 2. The molecule has 136 valence electrons. The fraction of sp³-hybridized carbons (Fsp3) is 0.529. The molecule has 2 saturated heterocycles. The van der Waals surface area contributed by atoms with Crippen molar-refractivity contribution in [3.8, 4) is 0 Å². The first kappa shape index (κ1) is 17.6. The fourth-order valence-electron chi connectivity index (χ4n) is 3.38. The zero-order valence-electron chi connectivity index (χ0n) is 14.1. The van der Waals surface area contributed by atoms with Gasteiger partial charge < -0.3 is 10.6 Å². The average molecular weight is 352 g/mol. The van der Waals surface area contributed by atoms with Crippen molar-refractivity contribution in [1.29, 1.82) is 0 Å². The smallest absolute Gasteiger partial charge is 0.322 e. The van der Waals surface area contributed by atoms with E-state index in [0.29, 0.717) is 38.2 Å². The number of aryl methyl sites for hydroxylation is 1. The minimum atomic E-state index is -2.35. The number of anilines is 1. The first-order valence-corrected chi connectivity index (χ1v) is 8.41. The number of urea groups is 1. The molecule has 2 aliphatic heterocycles. The van der Waals surface area contributed by atoms with Crippen molar-refractivity contribution in [2.24, 2.45) is 0 Å². The molecule has 1 atom stereocenters. The number of carbonyl (C=O) groups excluding carboxylic acids is 2. The maximum atomic E-state index is 12.4. The Kier molecular flexibility index (Phi) is 5.17. The number of hydrogen-bond acceptors (Lipinski definition) is 3. The number of carbonyl (C=O) groups is 2. The highest BCUT2D eigenvalue weighted by Crippen LogP contribution is 2.23. The molecule has 1 unspecified atom stereocenters.